The normalized spacial score (nSPS) is 10.1. The van der Waals surface area contributed by atoms with Gasteiger partial charge in [-0.05, 0) is 55.5 Å². The van der Waals surface area contributed by atoms with Crippen molar-refractivity contribution in [2.45, 2.75) is 6.92 Å². The van der Waals surface area contributed by atoms with Crippen LogP contribution in [0.15, 0.2) is 48.5 Å². The third kappa shape index (κ3) is 6.02. The number of amides is 1. The lowest BCUT2D eigenvalue weighted by molar-refractivity contribution is 0.0977. The average Bonchev–Trinajstić information content (AvgIpc) is 2.64. The van der Waals surface area contributed by atoms with Crippen LogP contribution >= 0.6 is 12.2 Å². The summed E-state index contributed by atoms with van der Waals surface area (Å²) in [5, 5.41) is 5.83. The Labute approximate surface area is 158 Å². The highest BCUT2D eigenvalue weighted by Crippen LogP contribution is 2.23. The molecule has 0 heterocycles. The molecule has 0 atom stereocenters. The number of rotatable bonds is 8. The Morgan fingerprint density at radius 3 is 2.46 bits per heavy atom. The minimum atomic E-state index is -0.306. The third-order valence-electron chi connectivity index (χ3n) is 3.33. The summed E-state index contributed by atoms with van der Waals surface area (Å²) in [7, 11) is 1.61. The van der Waals surface area contributed by atoms with E-state index in [1.165, 1.54) is 0 Å². The second-order valence-corrected chi connectivity index (χ2v) is 5.61. The molecule has 0 radical (unpaired) electrons. The molecule has 2 aromatic rings. The first-order valence-corrected chi connectivity index (χ1v) is 8.60. The van der Waals surface area contributed by atoms with E-state index in [-0.39, 0.29) is 11.0 Å². The van der Waals surface area contributed by atoms with Gasteiger partial charge in [0.2, 0.25) is 0 Å². The minimum Gasteiger partial charge on any atom is -0.492 e. The molecule has 0 spiro atoms. The number of methoxy groups -OCH3 is 1. The molecule has 0 aliphatic carbocycles. The molecule has 2 rings (SSSR count). The summed E-state index contributed by atoms with van der Waals surface area (Å²) in [5.41, 5.74) is 1.17. The molecule has 0 unspecified atom stereocenters. The number of ether oxygens (including phenoxy) is 3. The van der Waals surface area contributed by atoms with Gasteiger partial charge < -0.3 is 19.5 Å². The number of thiocarbonyl (C=S) groups is 1. The smallest absolute Gasteiger partial charge is 0.257 e. The van der Waals surface area contributed by atoms with Crippen molar-refractivity contribution in [2.75, 3.05) is 32.2 Å². The van der Waals surface area contributed by atoms with Gasteiger partial charge in [0.1, 0.15) is 18.1 Å². The van der Waals surface area contributed by atoms with Crippen molar-refractivity contribution in [2.24, 2.45) is 0 Å². The van der Waals surface area contributed by atoms with E-state index >= 15 is 0 Å². The van der Waals surface area contributed by atoms with E-state index < -0.39 is 0 Å². The summed E-state index contributed by atoms with van der Waals surface area (Å²) in [4.78, 5) is 12.3. The van der Waals surface area contributed by atoms with Crippen LogP contribution in [0, 0.1) is 0 Å². The monoisotopic (exact) mass is 374 g/mol. The largest absolute Gasteiger partial charge is 0.492 e. The van der Waals surface area contributed by atoms with Gasteiger partial charge in [-0.3, -0.25) is 10.1 Å². The molecule has 6 nitrogen and oxygen atoms in total. The topological polar surface area (TPSA) is 68.8 Å². The summed E-state index contributed by atoms with van der Waals surface area (Å²) < 4.78 is 15.9. The van der Waals surface area contributed by atoms with Crippen molar-refractivity contribution in [3.05, 3.63) is 54.1 Å². The van der Waals surface area contributed by atoms with Gasteiger partial charge in [0.25, 0.3) is 5.91 Å². The number of carbonyl (C=O) groups excluding carboxylic acids is 1. The number of benzene rings is 2. The number of carbonyl (C=O) groups is 1. The number of anilines is 1. The van der Waals surface area contributed by atoms with E-state index in [0.717, 1.165) is 0 Å². The lowest BCUT2D eigenvalue weighted by atomic mass is 10.2. The molecular formula is C19H22N2O4S. The highest BCUT2D eigenvalue weighted by molar-refractivity contribution is 7.80. The molecule has 0 aliphatic heterocycles. The van der Waals surface area contributed by atoms with Gasteiger partial charge in [0, 0.05) is 12.7 Å². The van der Waals surface area contributed by atoms with Crippen LogP contribution in [-0.4, -0.2) is 38.0 Å². The lowest BCUT2D eigenvalue weighted by Gasteiger charge is -2.13. The zero-order valence-electron chi connectivity index (χ0n) is 14.8. The first-order chi connectivity index (χ1) is 12.6. The molecule has 26 heavy (non-hydrogen) atoms. The van der Waals surface area contributed by atoms with Crippen LogP contribution in [0.1, 0.15) is 17.3 Å². The predicted molar refractivity (Wildman–Crippen MR) is 105 cm³/mol. The highest BCUT2D eigenvalue weighted by Gasteiger charge is 2.10. The third-order valence-corrected chi connectivity index (χ3v) is 3.54. The molecule has 0 bridgehead atoms. The predicted octanol–water partition coefficient (Wildman–Crippen LogP) is 3.24. The van der Waals surface area contributed by atoms with Crippen LogP contribution in [0.3, 0.4) is 0 Å². The van der Waals surface area contributed by atoms with Crippen LogP contribution in [0.4, 0.5) is 5.69 Å². The summed E-state index contributed by atoms with van der Waals surface area (Å²) in [6.07, 6.45) is 0. The minimum absolute atomic E-state index is 0.197. The fraction of sp³-hybridized carbons (Fsp3) is 0.263. The summed E-state index contributed by atoms with van der Waals surface area (Å²) in [5.74, 6) is 1.04. The van der Waals surface area contributed by atoms with Gasteiger partial charge in [0.15, 0.2) is 5.11 Å². The van der Waals surface area contributed by atoms with Crippen LogP contribution in [0.5, 0.6) is 11.5 Å². The Bertz CT molecular complexity index is 735. The summed E-state index contributed by atoms with van der Waals surface area (Å²) >= 11 is 5.22. The maximum Gasteiger partial charge on any atom is 0.257 e. The van der Waals surface area contributed by atoms with E-state index in [1.807, 2.05) is 31.2 Å². The number of hydrogen-bond acceptors (Lipinski definition) is 5. The number of hydrogen-bond donors (Lipinski definition) is 2. The molecule has 0 aromatic heterocycles. The molecule has 0 saturated carbocycles. The average molecular weight is 374 g/mol. The fourth-order valence-corrected chi connectivity index (χ4v) is 2.33. The zero-order chi connectivity index (χ0) is 18.8. The van der Waals surface area contributed by atoms with Gasteiger partial charge in [0.05, 0.1) is 18.9 Å². The first-order valence-electron chi connectivity index (χ1n) is 8.20. The van der Waals surface area contributed by atoms with Crippen molar-refractivity contribution < 1.29 is 19.0 Å². The number of para-hydroxylation sites is 2. The first kappa shape index (κ1) is 19.7. The van der Waals surface area contributed by atoms with Crippen molar-refractivity contribution in [3.63, 3.8) is 0 Å². The van der Waals surface area contributed by atoms with Crippen LogP contribution in [-0.2, 0) is 4.74 Å². The van der Waals surface area contributed by atoms with Gasteiger partial charge in [-0.15, -0.1) is 0 Å². The molecule has 0 saturated heterocycles. The van der Waals surface area contributed by atoms with Crippen LogP contribution < -0.4 is 20.1 Å². The quantitative estimate of drug-likeness (QED) is 0.546. The fourth-order valence-electron chi connectivity index (χ4n) is 2.13. The van der Waals surface area contributed by atoms with Crippen LogP contribution in [0.2, 0.25) is 0 Å². The molecule has 0 fully saturated rings. The zero-order valence-corrected chi connectivity index (χ0v) is 15.6. The standard InChI is InChI=1S/C19H22N2O4S/c1-3-24-17-7-5-4-6-16(17)20-19(26)21-18(22)14-8-10-15(11-9-14)25-13-12-23-2/h4-11H,3,12-13H2,1-2H3,(H2,20,21,22,26). The second-order valence-electron chi connectivity index (χ2n) is 5.20. The van der Waals surface area contributed by atoms with Gasteiger partial charge >= 0.3 is 0 Å². The summed E-state index contributed by atoms with van der Waals surface area (Å²) in [6, 6.07) is 14.2. The number of nitrogens with one attached hydrogen (secondary N) is 2. The van der Waals surface area contributed by atoms with E-state index in [9.17, 15) is 4.79 Å². The Morgan fingerprint density at radius 2 is 1.77 bits per heavy atom. The highest BCUT2D eigenvalue weighted by atomic mass is 32.1. The molecule has 2 N–H and O–H groups in total. The van der Waals surface area contributed by atoms with Crippen LogP contribution in [0.25, 0.3) is 0 Å². The second kappa shape index (κ2) is 10.4. The Kier molecular flexibility index (Phi) is 7.85. The van der Waals surface area contributed by atoms with E-state index in [2.05, 4.69) is 10.6 Å². The van der Waals surface area contributed by atoms with Crippen molar-refractivity contribution in [1.29, 1.82) is 0 Å². The molecule has 2 aromatic carbocycles. The maximum absolute atomic E-state index is 12.3. The Balaban J connectivity index is 1.91. The Hall–Kier alpha value is -2.64. The SMILES string of the molecule is CCOc1ccccc1NC(=S)NC(=O)c1ccc(OCCOC)cc1. The molecule has 1 amide bonds. The van der Waals surface area contributed by atoms with Gasteiger partial charge in [-0.25, -0.2) is 0 Å². The van der Waals surface area contributed by atoms with Crippen molar-refractivity contribution >= 4 is 28.9 Å². The van der Waals surface area contributed by atoms with Gasteiger partial charge in [-0.1, -0.05) is 12.1 Å². The molecular weight excluding hydrogens is 352 g/mol. The van der Waals surface area contributed by atoms with Crippen molar-refractivity contribution in [1.82, 2.24) is 5.32 Å². The summed E-state index contributed by atoms with van der Waals surface area (Å²) in [6.45, 7) is 3.40. The van der Waals surface area contributed by atoms with E-state index in [0.29, 0.717) is 42.6 Å². The van der Waals surface area contributed by atoms with Crippen molar-refractivity contribution in [3.8, 4) is 11.5 Å². The van der Waals surface area contributed by atoms with E-state index in [1.54, 1.807) is 31.4 Å². The molecule has 0 aliphatic rings. The maximum atomic E-state index is 12.3. The molecule has 7 heteroatoms. The lowest BCUT2D eigenvalue weighted by Crippen LogP contribution is -2.34. The Morgan fingerprint density at radius 1 is 1.04 bits per heavy atom. The van der Waals surface area contributed by atoms with E-state index in [4.69, 9.17) is 26.4 Å². The van der Waals surface area contributed by atoms with Gasteiger partial charge in [-0.2, -0.15) is 0 Å². The molecule has 138 valence electrons.